The first-order chi connectivity index (χ1) is 7.80. The zero-order valence-electron chi connectivity index (χ0n) is 10.8. The average Bonchev–Trinajstić information content (AvgIpc) is 2.29. The van der Waals surface area contributed by atoms with E-state index in [1.807, 2.05) is 7.11 Å². The van der Waals surface area contributed by atoms with Gasteiger partial charge < -0.3 is 9.64 Å². The first-order valence-electron chi connectivity index (χ1n) is 6.62. The van der Waals surface area contributed by atoms with Crippen molar-refractivity contribution in [3.63, 3.8) is 0 Å². The molecule has 16 heavy (non-hydrogen) atoms. The van der Waals surface area contributed by atoms with Gasteiger partial charge in [0.1, 0.15) is 0 Å². The summed E-state index contributed by atoms with van der Waals surface area (Å²) in [5.74, 6) is 2.55. The average molecular weight is 245 g/mol. The van der Waals surface area contributed by atoms with Gasteiger partial charge in [-0.25, -0.2) is 0 Å². The van der Waals surface area contributed by atoms with Crippen LogP contribution in [0.5, 0.6) is 0 Å². The minimum atomic E-state index is 0.751. The summed E-state index contributed by atoms with van der Waals surface area (Å²) >= 11 is 4.46. The Hall–Kier alpha value is 0.270. The summed E-state index contributed by atoms with van der Waals surface area (Å²) in [7, 11) is 1.81. The molecule has 0 saturated carbocycles. The molecule has 0 aromatic rings. The molecule has 1 saturated heterocycles. The Kier molecular flexibility index (Phi) is 7.50. The van der Waals surface area contributed by atoms with Crippen LogP contribution in [0.4, 0.5) is 0 Å². The van der Waals surface area contributed by atoms with Crippen molar-refractivity contribution in [2.45, 2.75) is 32.6 Å². The van der Waals surface area contributed by atoms with Crippen LogP contribution in [0, 0.1) is 11.8 Å². The van der Waals surface area contributed by atoms with Gasteiger partial charge in [-0.1, -0.05) is 13.3 Å². The lowest BCUT2D eigenvalue weighted by atomic mass is 9.97. The molecule has 2 nitrogen and oxygen atoms in total. The predicted molar refractivity (Wildman–Crippen MR) is 73.3 cm³/mol. The highest BCUT2D eigenvalue weighted by molar-refractivity contribution is 7.80. The number of ether oxygens (including phenoxy) is 1. The Bertz CT molecular complexity index is 175. The van der Waals surface area contributed by atoms with E-state index in [-0.39, 0.29) is 0 Å². The van der Waals surface area contributed by atoms with Crippen molar-refractivity contribution in [2.75, 3.05) is 39.1 Å². The largest absolute Gasteiger partial charge is 0.384 e. The molecule has 0 aliphatic carbocycles. The number of likely N-dealkylation sites (tertiary alicyclic amines) is 1. The number of rotatable bonds is 7. The summed E-state index contributed by atoms with van der Waals surface area (Å²) in [5, 5.41) is 0. The summed E-state index contributed by atoms with van der Waals surface area (Å²) in [6.45, 7) is 6.92. The van der Waals surface area contributed by atoms with Gasteiger partial charge in [0.15, 0.2) is 0 Å². The van der Waals surface area contributed by atoms with Gasteiger partial charge in [-0.05, 0) is 43.4 Å². The minimum Gasteiger partial charge on any atom is -0.384 e. The number of hydrogen-bond acceptors (Lipinski definition) is 3. The Balaban J connectivity index is 2.29. The van der Waals surface area contributed by atoms with Crippen molar-refractivity contribution >= 4 is 12.6 Å². The summed E-state index contributed by atoms with van der Waals surface area (Å²) in [6.07, 6.45) is 5.26. The topological polar surface area (TPSA) is 12.5 Å². The highest BCUT2D eigenvalue weighted by atomic mass is 32.1. The molecule has 3 heteroatoms. The maximum absolute atomic E-state index is 5.27. The van der Waals surface area contributed by atoms with Crippen molar-refractivity contribution in [3.05, 3.63) is 0 Å². The van der Waals surface area contributed by atoms with Crippen LogP contribution in [-0.2, 0) is 4.74 Å². The van der Waals surface area contributed by atoms with E-state index >= 15 is 0 Å². The fourth-order valence-corrected chi connectivity index (χ4v) is 3.00. The molecule has 0 radical (unpaired) electrons. The summed E-state index contributed by atoms with van der Waals surface area (Å²) in [5.41, 5.74) is 0. The molecular weight excluding hydrogens is 218 g/mol. The van der Waals surface area contributed by atoms with E-state index in [1.165, 1.54) is 45.3 Å². The summed E-state index contributed by atoms with van der Waals surface area (Å²) < 4.78 is 5.27. The van der Waals surface area contributed by atoms with Gasteiger partial charge in [-0.2, -0.15) is 12.6 Å². The second-order valence-electron chi connectivity index (χ2n) is 5.06. The van der Waals surface area contributed by atoms with Gasteiger partial charge in [0.2, 0.25) is 0 Å². The second kappa shape index (κ2) is 8.37. The summed E-state index contributed by atoms with van der Waals surface area (Å²) in [4.78, 5) is 2.61. The Morgan fingerprint density at radius 1 is 1.50 bits per heavy atom. The van der Waals surface area contributed by atoms with Gasteiger partial charge in [0.05, 0.1) is 6.61 Å². The Morgan fingerprint density at radius 2 is 2.31 bits per heavy atom. The normalized spacial score (nSPS) is 24.6. The zero-order chi connectivity index (χ0) is 11.8. The van der Waals surface area contributed by atoms with Crippen LogP contribution in [0.3, 0.4) is 0 Å². The van der Waals surface area contributed by atoms with Gasteiger partial charge in [0.25, 0.3) is 0 Å². The second-order valence-corrected chi connectivity index (χ2v) is 5.43. The molecule has 0 amide bonds. The highest BCUT2D eigenvalue weighted by Gasteiger charge is 2.21. The van der Waals surface area contributed by atoms with Crippen LogP contribution in [0.15, 0.2) is 0 Å². The standard InChI is InChI=1S/C13H27NOS/c1-3-5-13(11-16)9-14-7-4-6-12(8-14)10-15-2/h12-13,16H,3-11H2,1-2H3. The summed E-state index contributed by atoms with van der Waals surface area (Å²) in [6, 6.07) is 0. The van der Waals surface area contributed by atoms with Crippen LogP contribution in [0.2, 0.25) is 0 Å². The monoisotopic (exact) mass is 245 g/mol. The smallest absolute Gasteiger partial charge is 0.0502 e. The molecule has 0 aromatic carbocycles. The van der Waals surface area contributed by atoms with Crippen molar-refractivity contribution < 1.29 is 4.74 Å². The number of thiol groups is 1. The number of hydrogen-bond donors (Lipinski definition) is 1. The van der Waals surface area contributed by atoms with Crippen LogP contribution in [-0.4, -0.2) is 44.0 Å². The Morgan fingerprint density at radius 3 is 2.94 bits per heavy atom. The minimum absolute atomic E-state index is 0.751. The van der Waals surface area contributed by atoms with Crippen LogP contribution >= 0.6 is 12.6 Å². The quantitative estimate of drug-likeness (QED) is 0.692. The first-order valence-corrected chi connectivity index (χ1v) is 7.25. The molecule has 1 rings (SSSR count). The third-order valence-electron chi connectivity index (χ3n) is 3.48. The van der Waals surface area contributed by atoms with Gasteiger partial charge >= 0.3 is 0 Å². The predicted octanol–water partition coefficient (Wildman–Crippen LogP) is 2.69. The van der Waals surface area contributed by atoms with Crippen molar-refractivity contribution in [2.24, 2.45) is 11.8 Å². The lowest BCUT2D eigenvalue weighted by Gasteiger charge is -2.34. The molecule has 2 atom stereocenters. The maximum Gasteiger partial charge on any atom is 0.0502 e. The van der Waals surface area contributed by atoms with Crippen LogP contribution in [0.1, 0.15) is 32.6 Å². The van der Waals surface area contributed by atoms with E-state index in [0.29, 0.717) is 0 Å². The molecule has 1 fully saturated rings. The number of methoxy groups -OCH3 is 1. The van der Waals surface area contributed by atoms with E-state index in [9.17, 15) is 0 Å². The molecule has 1 heterocycles. The van der Waals surface area contributed by atoms with E-state index in [0.717, 1.165) is 24.2 Å². The van der Waals surface area contributed by atoms with Crippen molar-refractivity contribution in [3.8, 4) is 0 Å². The molecule has 1 aliphatic heterocycles. The van der Waals surface area contributed by atoms with Crippen LogP contribution < -0.4 is 0 Å². The van der Waals surface area contributed by atoms with E-state index < -0.39 is 0 Å². The van der Waals surface area contributed by atoms with Gasteiger partial charge in [-0.15, -0.1) is 0 Å². The van der Waals surface area contributed by atoms with E-state index in [1.54, 1.807) is 0 Å². The molecular formula is C13H27NOS. The third kappa shape index (κ3) is 5.07. The number of piperidine rings is 1. The molecule has 96 valence electrons. The zero-order valence-corrected chi connectivity index (χ0v) is 11.7. The molecule has 1 aliphatic rings. The SMILES string of the molecule is CCCC(CS)CN1CCCC(COC)C1. The number of nitrogens with zero attached hydrogens (tertiary/aromatic N) is 1. The highest BCUT2D eigenvalue weighted by Crippen LogP contribution is 2.19. The van der Waals surface area contributed by atoms with Crippen molar-refractivity contribution in [1.82, 2.24) is 4.90 Å². The third-order valence-corrected chi connectivity index (χ3v) is 3.99. The van der Waals surface area contributed by atoms with E-state index in [2.05, 4.69) is 24.5 Å². The molecule has 2 unspecified atom stereocenters. The molecule has 0 N–H and O–H groups in total. The van der Waals surface area contributed by atoms with Gasteiger partial charge in [0, 0.05) is 20.2 Å². The Labute approximate surface area is 106 Å². The van der Waals surface area contributed by atoms with E-state index in [4.69, 9.17) is 4.74 Å². The molecule has 0 spiro atoms. The fourth-order valence-electron chi connectivity index (χ4n) is 2.70. The molecule has 0 bridgehead atoms. The first kappa shape index (κ1) is 14.3. The molecule has 0 aromatic heterocycles. The van der Waals surface area contributed by atoms with Crippen LogP contribution in [0.25, 0.3) is 0 Å². The lowest BCUT2D eigenvalue weighted by Crippen LogP contribution is -2.40. The van der Waals surface area contributed by atoms with Crippen molar-refractivity contribution in [1.29, 1.82) is 0 Å². The lowest BCUT2D eigenvalue weighted by molar-refractivity contribution is 0.0836. The van der Waals surface area contributed by atoms with Gasteiger partial charge in [-0.3, -0.25) is 0 Å². The maximum atomic E-state index is 5.27. The fraction of sp³-hybridized carbons (Fsp3) is 1.00.